The molecule has 15 nitrogen and oxygen atoms in total. The third-order valence-electron chi connectivity index (χ3n) is 4.94. The standard InChI is InChI=1S/C22H18N4O11S3/c1-2-38(30,31)15-11-18(20(27)19(12-15)40(35,36)37)24-26-21(13-6-4-3-5-7-13)25-23-17-9-8-14(39(32,33)34)10-16(17)22(28)29/h2-12,23,27H,1H2,(H,28,29)(H,32,33,34)(H,35,36,37)/b25-21+,26-24+. The van der Waals surface area contributed by atoms with Crippen molar-refractivity contribution in [2.45, 2.75) is 14.7 Å². The van der Waals surface area contributed by atoms with E-state index in [1.54, 1.807) is 18.2 Å². The van der Waals surface area contributed by atoms with Gasteiger partial charge in [-0.1, -0.05) is 36.9 Å². The molecule has 3 aromatic rings. The Morgan fingerprint density at radius 2 is 1.52 bits per heavy atom. The highest BCUT2D eigenvalue weighted by molar-refractivity contribution is 7.94. The molecular formula is C22H18N4O11S3. The molecule has 0 aliphatic carbocycles. The van der Waals surface area contributed by atoms with Crippen LogP contribution in [0.25, 0.3) is 0 Å². The number of aromatic carboxylic acids is 1. The molecule has 0 atom stereocenters. The SMILES string of the molecule is C=CS(=O)(=O)c1cc(/N=N/C(=N/Nc2ccc(S(=O)(=O)O)cc2C(=O)O)c2ccccc2)c(O)c(S(=O)(=O)O)c1. The second-order valence-corrected chi connectivity index (χ2v) is 12.3. The van der Waals surface area contributed by atoms with Crippen LogP contribution in [0, 0.1) is 0 Å². The van der Waals surface area contributed by atoms with Crippen molar-refractivity contribution in [1.29, 1.82) is 0 Å². The predicted octanol–water partition coefficient (Wildman–Crippen LogP) is 3.06. The minimum atomic E-state index is -5.12. The Morgan fingerprint density at radius 1 is 0.875 bits per heavy atom. The number of carbonyl (C=O) groups is 1. The molecule has 5 N–H and O–H groups in total. The van der Waals surface area contributed by atoms with Crippen molar-refractivity contribution < 1.29 is 49.4 Å². The molecule has 210 valence electrons. The molecule has 3 aromatic carbocycles. The number of carboxylic acid groups (broad SMARTS) is 1. The Bertz CT molecular complexity index is 1890. The summed E-state index contributed by atoms with van der Waals surface area (Å²) in [6.07, 6.45) is 0. The van der Waals surface area contributed by atoms with Gasteiger partial charge in [-0.2, -0.15) is 21.9 Å². The number of benzene rings is 3. The summed E-state index contributed by atoms with van der Waals surface area (Å²) in [5.41, 5.74) is 1.08. The Hall–Kier alpha value is -4.49. The van der Waals surface area contributed by atoms with Crippen LogP contribution in [0.2, 0.25) is 0 Å². The van der Waals surface area contributed by atoms with E-state index in [-0.39, 0.29) is 17.1 Å². The van der Waals surface area contributed by atoms with Crippen LogP contribution in [0.3, 0.4) is 0 Å². The number of amidine groups is 1. The number of nitrogens with zero attached hydrogens (tertiary/aromatic N) is 3. The summed E-state index contributed by atoms with van der Waals surface area (Å²) in [6.45, 7) is 3.13. The van der Waals surface area contributed by atoms with Crippen LogP contribution in [0.5, 0.6) is 5.75 Å². The molecule has 40 heavy (non-hydrogen) atoms. The Morgan fingerprint density at radius 3 is 2.08 bits per heavy atom. The van der Waals surface area contributed by atoms with Gasteiger partial charge in [0, 0.05) is 11.0 Å². The van der Waals surface area contributed by atoms with Gasteiger partial charge in [0.2, 0.25) is 5.84 Å². The lowest BCUT2D eigenvalue weighted by atomic mass is 10.2. The van der Waals surface area contributed by atoms with E-state index in [1.165, 1.54) is 12.1 Å². The van der Waals surface area contributed by atoms with E-state index < -0.39 is 67.7 Å². The zero-order valence-corrected chi connectivity index (χ0v) is 22.2. The maximum absolute atomic E-state index is 12.3. The van der Waals surface area contributed by atoms with E-state index in [0.29, 0.717) is 17.5 Å². The lowest BCUT2D eigenvalue weighted by molar-refractivity contribution is 0.0697. The van der Waals surface area contributed by atoms with Crippen molar-refractivity contribution in [2.24, 2.45) is 15.3 Å². The number of azo groups is 1. The third kappa shape index (κ3) is 6.93. The van der Waals surface area contributed by atoms with Gasteiger partial charge in [0.25, 0.3) is 20.2 Å². The number of aromatic hydroxyl groups is 1. The molecule has 0 fully saturated rings. The lowest BCUT2D eigenvalue weighted by Gasteiger charge is -2.09. The average molecular weight is 611 g/mol. The van der Waals surface area contributed by atoms with E-state index >= 15 is 0 Å². The van der Waals surface area contributed by atoms with E-state index in [9.17, 15) is 49.4 Å². The second kappa shape index (κ2) is 11.3. The van der Waals surface area contributed by atoms with E-state index in [1.807, 2.05) is 0 Å². The van der Waals surface area contributed by atoms with E-state index in [4.69, 9.17) is 0 Å². The molecule has 0 aliphatic heterocycles. The zero-order valence-electron chi connectivity index (χ0n) is 19.8. The number of hydrogen-bond donors (Lipinski definition) is 5. The fourth-order valence-electron chi connectivity index (χ4n) is 3.01. The first-order valence-corrected chi connectivity index (χ1v) is 14.8. The predicted molar refractivity (Wildman–Crippen MR) is 140 cm³/mol. The van der Waals surface area contributed by atoms with Gasteiger partial charge in [-0.25, -0.2) is 13.2 Å². The highest BCUT2D eigenvalue weighted by Gasteiger charge is 2.24. The van der Waals surface area contributed by atoms with E-state index in [2.05, 4.69) is 27.3 Å². The van der Waals surface area contributed by atoms with Crippen LogP contribution in [0.1, 0.15) is 15.9 Å². The molecule has 3 rings (SSSR count). The number of phenols is 1. The molecule has 0 aromatic heterocycles. The van der Waals surface area contributed by atoms with Gasteiger partial charge in [0.15, 0.2) is 15.6 Å². The normalized spacial score (nSPS) is 12.8. The van der Waals surface area contributed by atoms with Crippen LogP contribution < -0.4 is 5.43 Å². The number of nitrogens with one attached hydrogen (secondary N) is 1. The molecule has 18 heteroatoms. The molecule has 0 amide bonds. The first kappa shape index (κ1) is 30.1. The maximum atomic E-state index is 12.3. The van der Waals surface area contributed by atoms with Crippen LogP contribution >= 0.6 is 0 Å². The van der Waals surface area contributed by atoms with Crippen LogP contribution in [0.4, 0.5) is 11.4 Å². The minimum absolute atomic E-state index is 0.237. The van der Waals surface area contributed by atoms with Gasteiger partial charge < -0.3 is 10.2 Å². The molecule has 0 unspecified atom stereocenters. The first-order chi connectivity index (χ1) is 18.5. The highest BCUT2D eigenvalue weighted by atomic mass is 32.2. The summed E-state index contributed by atoms with van der Waals surface area (Å²) in [5, 5.41) is 31.8. The zero-order chi connectivity index (χ0) is 29.9. The molecule has 0 saturated heterocycles. The molecule has 0 heterocycles. The fraction of sp³-hybridized carbons (Fsp3) is 0. The monoisotopic (exact) mass is 610 g/mol. The molecule has 0 bridgehead atoms. The van der Waals surface area contributed by atoms with Gasteiger partial charge in [-0.3, -0.25) is 14.5 Å². The fourth-order valence-corrected chi connectivity index (χ4v) is 4.96. The Balaban J connectivity index is 2.17. The van der Waals surface area contributed by atoms with Crippen LogP contribution in [-0.2, 0) is 30.1 Å². The number of carboxylic acids is 1. The molecule has 0 saturated carbocycles. The summed E-state index contributed by atoms with van der Waals surface area (Å²) in [5.74, 6) is -3.02. The largest absolute Gasteiger partial charge is 0.504 e. The number of sulfone groups is 1. The summed E-state index contributed by atoms with van der Waals surface area (Å²) in [4.78, 5) is 9.09. The van der Waals surface area contributed by atoms with Crippen molar-refractivity contribution in [3.05, 3.63) is 83.8 Å². The van der Waals surface area contributed by atoms with Gasteiger partial charge in [-0.05, 0) is 30.3 Å². The topological polar surface area (TPSA) is 250 Å². The summed E-state index contributed by atoms with van der Waals surface area (Å²) >= 11 is 0. The second-order valence-electron chi connectivity index (χ2n) is 7.58. The Kier molecular flexibility index (Phi) is 8.51. The summed E-state index contributed by atoms with van der Waals surface area (Å²) < 4.78 is 89.4. The van der Waals surface area contributed by atoms with Gasteiger partial charge >= 0.3 is 5.97 Å². The average Bonchev–Trinajstić information content (AvgIpc) is 2.88. The van der Waals surface area contributed by atoms with Crippen molar-refractivity contribution in [2.75, 3.05) is 5.43 Å². The highest BCUT2D eigenvalue weighted by Crippen LogP contribution is 2.37. The van der Waals surface area contributed by atoms with Crippen molar-refractivity contribution >= 4 is 53.3 Å². The van der Waals surface area contributed by atoms with Crippen LogP contribution in [0.15, 0.2) is 103 Å². The summed E-state index contributed by atoms with van der Waals surface area (Å²) in [7, 11) is -14.1. The molecule has 0 spiro atoms. The minimum Gasteiger partial charge on any atom is -0.504 e. The van der Waals surface area contributed by atoms with E-state index in [0.717, 1.165) is 18.2 Å². The quantitative estimate of drug-likeness (QED) is 0.0771. The Labute approximate surface area is 227 Å². The first-order valence-electron chi connectivity index (χ1n) is 10.4. The van der Waals surface area contributed by atoms with Crippen LogP contribution in [-0.4, -0.2) is 56.4 Å². The van der Waals surface area contributed by atoms with Crippen molar-refractivity contribution in [3.8, 4) is 5.75 Å². The van der Waals surface area contributed by atoms with Crippen molar-refractivity contribution in [1.82, 2.24) is 0 Å². The van der Waals surface area contributed by atoms with Gasteiger partial charge in [-0.15, -0.1) is 10.2 Å². The van der Waals surface area contributed by atoms with Gasteiger partial charge in [0.1, 0.15) is 10.6 Å². The molecular weight excluding hydrogens is 592 g/mol. The number of phenolic OH excluding ortho intramolecular Hbond substituents is 1. The maximum Gasteiger partial charge on any atom is 0.337 e. The number of anilines is 1. The smallest absolute Gasteiger partial charge is 0.337 e. The lowest BCUT2D eigenvalue weighted by Crippen LogP contribution is -2.08. The third-order valence-corrected chi connectivity index (χ3v) is 7.99. The van der Waals surface area contributed by atoms with Gasteiger partial charge in [0.05, 0.1) is 21.0 Å². The molecule has 0 aliphatic rings. The number of hydrazone groups is 1. The van der Waals surface area contributed by atoms with Crippen molar-refractivity contribution in [3.63, 3.8) is 0 Å². The number of rotatable bonds is 9. The summed E-state index contributed by atoms with van der Waals surface area (Å²) in [6, 6.07) is 11.6. The molecule has 0 radical (unpaired) electrons. The number of hydrogen-bond acceptors (Lipinski definition) is 11.